The molecule has 0 fully saturated rings. The zero-order chi connectivity index (χ0) is 15.5. The monoisotopic (exact) mass is 311 g/mol. The van der Waals surface area contributed by atoms with E-state index in [0.29, 0.717) is 11.3 Å². The van der Waals surface area contributed by atoms with Crippen LogP contribution in [-0.4, -0.2) is 35.1 Å². The van der Waals surface area contributed by atoms with Gasteiger partial charge in [0.15, 0.2) is 5.78 Å². The number of alkyl halides is 4. The first-order chi connectivity index (χ1) is 9.13. The van der Waals surface area contributed by atoms with E-state index in [9.17, 15) is 18.0 Å². The molecule has 0 saturated carbocycles. The standard InChI is InChI=1S/C13H17ClF3NO2/c1-8-6-11(12(19)9(2)14)10(3)18(8)4-5-20-7-13(15,16)17/h6,9H,4-5,7H2,1-3H3. The van der Waals surface area contributed by atoms with Crippen LogP contribution in [0.15, 0.2) is 6.07 Å². The van der Waals surface area contributed by atoms with E-state index in [1.165, 1.54) is 0 Å². The maximum atomic E-state index is 11.9. The number of aryl methyl sites for hydroxylation is 1. The largest absolute Gasteiger partial charge is 0.411 e. The Morgan fingerprint density at radius 3 is 2.55 bits per heavy atom. The van der Waals surface area contributed by atoms with Gasteiger partial charge in [-0.3, -0.25) is 4.79 Å². The van der Waals surface area contributed by atoms with Gasteiger partial charge in [0.2, 0.25) is 0 Å². The van der Waals surface area contributed by atoms with Crippen molar-refractivity contribution in [3.8, 4) is 0 Å². The fraction of sp³-hybridized carbons (Fsp3) is 0.615. The predicted molar refractivity (Wildman–Crippen MR) is 70.4 cm³/mol. The molecule has 0 aliphatic rings. The molecule has 0 aliphatic carbocycles. The summed E-state index contributed by atoms with van der Waals surface area (Å²) in [6.07, 6.45) is -4.32. The summed E-state index contributed by atoms with van der Waals surface area (Å²) in [7, 11) is 0. The summed E-state index contributed by atoms with van der Waals surface area (Å²) >= 11 is 5.76. The van der Waals surface area contributed by atoms with Crippen molar-refractivity contribution in [2.75, 3.05) is 13.2 Å². The van der Waals surface area contributed by atoms with E-state index in [0.717, 1.165) is 5.69 Å². The SMILES string of the molecule is Cc1cc(C(=O)C(C)Cl)c(C)n1CCOCC(F)(F)F. The minimum Gasteiger partial charge on any atom is -0.370 e. The van der Waals surface area contributed by atoms with Crippen LogP contribution in [0.1, 0.15) is 28.7 Å². The zero-order valence-corrected chi connectivity index (χ0v) is 12.3. The maximum absolute atomic E-state index is 11.9. The summed E-state index contributed by atoms with van der Waals surface area (Å²) in [4.78, 5) is 11.9. The van der Waals surface area contributed by atoms with Crippen LogP contribution in [0, 0.1) is 13.8 Å². The van der Waals surface area contributed by atoms with Gasteiger partial charge < -0.3 is 9.30 Å². The first-order valence-corrected chi connectivity index (χ1v) is 6.56. The molecule has 1 aromatic rings. The second kappa shape index (κ2) is 6.63. The molecule has 3 nitrogen and oxygen atoms in total. The fourth-order valence-electron chi connectivity index (χ4n) is 1.95. The van der Waals surface area contributed by atoms with Gasteiger partial charge >= 0.3 is 6.18 Å². The second-order valence-electron chi connectivity index (χ2n) is 4.58. The Hall–Kier alpha value is -1.01. The minimum absolute atomic E-state index is 0.0695. The molecule has 1 rings (SSSR count). The van der Waals surface area contributed by atoms with Crippen LogP contribution in [0.5, 0.6) is 0 Å². The zero-order valence-electron chi connectivity index (χ0n) is 11.6. The van der Waals surface area contributed by atoms with Crippen LogP contribution in [-0.2, 0) is 11.3 Å². The minimum atomic E-state index is -4.32. The van der Waals surface area contributed by atoms with Crippen molar-refractivity contribution in [1.29, 1.82) is 0 Å². The number of ketones is 1. The van der Waals surface area contributed by atoms with Crippen molar-refractivity contribution in [2.45, 2.75) is 38.9 Å². The van der Waals surface area contributed by atoms with Gasteiger partial charge in [-0.05, 0) is 26.8 Å². The Kier molecular flexibility index (Phi) is 5.65. The molecule has 1 heterocycles. The van der Waals surface area contributed by atoms with Crippen LogP contribution < -0.4 is 0 Å². The highest BCUT2D eigenvalue weighted by Gasteiger charge is 2.27. The molecule has 1 atom stereocenters. The third-order valence-corrected chi connectivity index (χ3v) is 3.12. The van der Waals surface area contributed by atoms with Crippen LogP contribution >= 0.6 is 11.6 Å². The summed E-state index contributed by atoms with van der Waals surface area (Å²) in [6, 6.07) is 1.69. The number of Topliss-reactive ketones (excluding diaryl/α,β-unsaturated/α-hetero) is 1. The molecule has 0 aromatic carbocycles. The molecule has 20 heavy (non-hydrogen) atoms. The lowest BCUT2D eigenvalue weighted by atomic mass is 10.1. The van der Waals surface area contributed by atoms with Gasteiger partial charge in [-0.25, -0.2) is 0 Å². The Labute approximate surface area is 120 Å². The second-order valence-corrected chi connectivity index (χ2v) is 5.24. The Morgan fingerprint density at radius 1 is 1.45 bits per heavy atom. The van der Waals surface area contributed by atoms with E-state index in [4.69, 9.17) is 11.6 Å². The first-order valence-electron chi connectivity index (χ1n) is 6.13. The number of carbonyl (C=O) groups is 1. The van der Waals surface area contributed by atoms with E-state index < -0.39 is 18.2 Å². The predicted octanol–water partition coefficient (Wildman–Crippen LogP) is 3.49. The molecule has 0 amide bonds. The molecule has 0 bridgehead atoms. The summed E-state index contributed by atoms with van der Waals surface area (Å²) in [5.74, 6) is -0.192. The third kappa shape index (κ3) is 4.52. The number of aromatic nitrogens is 1. The quantitative estimate of drug-likeness (QED) is 0.457. The Balaban J connectivity index is 2.70. The lowest BCUT2D eigenvalue weighted by Crippen LogP contribution is -2.19. The normalized spacial score (nSPS) is 13.6. The molecule has 0 radical (unpaired) electrons. The molecule has 0 saturated heterocycles. The van der Waals surface area contributed by atoms with Gasteiger partial charge in [-0.1, -0.05) is 0 Å². The molecule has 7 heteroatoms. The third-order valence-electron chi connectivity index (χ3n) is 2.93. The number of carbonyl (C=O) groups excluding carboxylic acids is 1. The van der Waals surface area contributed by atoms with E-state index in [-0.39, 0.29) is 18.9 Å². The Bertz CT molecular complexity index is 481. The lowest BCUT2D eigenvalue weighted by Gasteiger charge is -2.11. The highest BCUT2D eigenvalue weighted by atomic mass is 35.5. The average Bonchev–Trinajstić information content (AvgIpc) is 2.59. The van der Waals surface area contributed by atoms with Crippen LogP contribution in [0.4, 0.5) is 13.2 Å². The summed E-state index contributed by atoms with van der Waals surface area (Å²) < 4.78 is 42.2. The maximum Gasteiger partial charge on any atom is 0.411 e. The van der Waals surface area contributed by atoms with Crippen molar-refractivity contribution in [3.63, 3.8) is 0 Å². The average molecular weight is 312 g/mol. The van der Waals surface area contributed by atoms with E-state index >= 15 is 0 Å². The van der Waals surface area contributed by atoms with Crippen molar-refractivity contribution in [2.24, 2.45) is 0 Å². The first kappa shape index (κ1) is 17.0. The molecule has 0 N–H and O–H groups in total. The molecule has 1 aromatic heterocycles. The van der Waals surface area contributed by atoms with E-state index in [1.54, 1.807) is 31.4 Å². The number of hydrogen-bond donors (Lipinski definition) is 0. The van der Waals surface area contributed by atoms with E-state index in [2.05, 4.69) is 4.74 Å². The van der Waals surface area contributed by atoms with Gasteiger partial charge in [0, 0.05) is 23.5 Å². The number of nitrogens with zero attached hydrogens (tertiary/aromatic N) is 1. The molecule has 114 valence electrons. The van der Waals surface area contributed by atoms with Gasteiger partial charge in [0.1, 0.15) is 6.61 Å². The smallest absolute Gasteiger partial charge is 0.370 e. The highest BCUT2D eigenvalue weighted by Crippen LogP contribution is 2.19. The van der Waals surface area contributed by atoms with Gasteiger partial charge in [0.25, 0.3) is 0 Å². The lowest BCUT2D eigenvalue weighted by molar-refractivity contribution is -0.174. The summed E-state index contributed by atoms with van der Waals surface area (Å²) in [6.45, 7) is 4.03. The molecule has 1 unspecified atom stereocenters. The van der Waals surface area contributed by atoms with Gasteiger partial charge in [-0.15, -0.1) is 11.6 Å². The summed E-state index contributed by atoms with van der Waals surface area (Å²) in [5.41, 5.74) is 1.98. The number of halogens is 4. The number of ether oxygens (including phenoxy) is 1. The van der Waals surface area contributed by atoms with Gasteiger partial charge in [0.05, 0.1) is 12.0 Å². The van der Waals surface area contributed by atoms with Crippen LogP contribution in [0.2, 0.25) is 0 Å². The van der Waals surface area contributed by atoms with Crippen LogP contribution in [0.3, 0.4) is 0 Å². The molecule has 0 spiro atoms. The summed E-state index contributed by atoms with van der Waals surface area (Å²) in [5, 5.41) is -0.634. The van der Waals surface area contributed by atoms with E-state index in [1.807, 2.05) is 0 Å². The van der Waals surface area contributed by atoms with Gasteiger partial charge in [-0.2, -0.15) is 13.2 Å². The molecular formula is C13H17ClF3NO2. The van der Waals surface area contributed by atoms with Crippen LogP contribution in [0.25, 0.3) is 0 Å². The number of rotatable bonds is 6. The van der Waals surface area contributed by atoms with Crippen molar-refractivity contribution >= 4 is 17.4 Å². The fourth-order valence-corrected chi connectivity index (χ4v) is 2.07. The molecule has 0 aliphatic heterocycles. The van der Waals surface area contributed by atoms with Crippen molar-refractivity contribution < 1.29 is 22.7 Å². The highest BCUT2D eigenvalue weighted by molar-refractivity contribution is 6.33. The topological polar surface area (TPSA) is 31.2 Å². The number of hydrogen-bond acceptors (Lipinski definition) is 2. The van der Waals surface area contributed by atoms with Crippen molar-refractivity contribution in [3.05, 3.63) is 23.0 Å². The van der Waals surface area contributed by atoms with Crippen molar-refractivity contribution in [1.82, 2.24) is 4.57 Å². The molecular weight excluding hydrogens is 295 g/mol. The Morgan fingerprint density at radius 2 is 2.05 bits per heavy atom.